The molecule has 0 aliphatic carbocycles. The number of nitrogens with two attached hydrogens (primary N) is 1. The standard InChI is InChI=1S/C13H13ClN4/c1-9(7-15)18-5-4-13(17-18)10-2-3-11(8-16)12(14)6-10/h2-6,9H,7,15H2,1H3. The van der Waals surface area contributed by atoms with Crippen LogP contribution in [0.3, 0.4) is 0 Å². The molecule has 2 rings (SSSR count). The van der Waals surface area contributed by atoms with Crippen molar-refractivity contribution in [2.45, 2.75) is 13.0 Å². The Kier molecular flexibility index (Phi) is 3.66. The van der Waals surface area contributed by atoms with Gasteiger partial charge >= 0.3 is 0 Å². The van der Waals surface area contributed by atoms with Crippen LogP contribution >= 0.6 is 11.6 Å². The zero-order chi connectivity index (χ0) is 13.1. The van der Waals surface area contributed by atoms with E-state index in [0.717, 1.165) is 11.3 Å². The molecule has 18 heavy (non-hydrogen) atoms. The minimum absolute atomic E-state index is 0.160. The zero-order valence-electron chi connectivity index (χ0n) is 9.97. The Labute approximate surface area is 111 Å². The van der Waals surface area contributed by atoms with Crippen molar-refractivity contribution < 1.29 is 0 Å². The predicted octanol–water partition coefficient (Wildman–Crippen LogP) is 2.59. The lowest BCUT2D eigenvalue weighted by Crippen LogP contribution is -2.16. The number of nitriles is 1. The third kappa shape index (κ3) is 2.37. The molecule has 0 fully saturated rings. The maximum Gasteiger partial charge on any atom is 0.101 e. The van der Waals surface area contributed by atoms with Crippen molar-refractivity contribution >= 4 is 11.6 Å². The van der Waals surface area contributed by atoms with Crippen molar-refractivity contribution in [3.05, 3.63) is 41.0 Å². The van der Waals surface area contributed by atoms with Crippen LogP contribution in [-0.2, 0) is 0 Å². The van der Waals surface area contributed by atoms with E-state index in [1.807, 2.05) is 36.0 Å². The Morgan fingerprint density at radius 3 is 2.89 bits per heavy atom. The second-order valence-electron chi connectivity index (χ2n) is 4.07. The van der Waals surface area contributed by atoms with Gasteiger partial charge in [0.25, 0.3) is 0 Å². The summed E-state index contributed by atoms with van der Waals surface area (Å²) in [6, 6.07) is 9.38. The second-order valence-corrected chi connectivity index (χ2v) is 4.48. The Hall–Kier alpha value is -1.83. The lowest BCUT2D eigenvalue weighted by atomic mass is 10.1. The van der Waals surface area contributed by atoms with Gasteiger partial charge in [0.15, 0.2) is 0 Å². The molecule has 2 aromatic rings. The fraction of sp³-hybridized carbons (Fsp3) is 0.231. The number of hydrogen-bond donors (Lipinski definition) is 1. The van der Waals surface area contributed by atoms with Gasteiger partial charge in [-0.2, -0.15) is 10.4 Å². The third-order valence-electron chi connectivity index (χ3n) is 2.79. The molecule has 4 nitrogen and oxygen atoms in total. The van der Waals surface area contributed by atoms with Crippen LogP contribution in [0.1, 0.15) is 18.5 Å². The summed E-state index contributed by atoms with van der Waals surface area (Å²) in [7, 11) is 0. The Bertz CT molecular complexity index is 597. The fourth-order valence-corrected chi connectivity index (χ4v) is 1.83. The smallest absolute Gasteiger partial charge is 0.101 e. The molecule has 0 saturated heterocycles. The number of benzene rings is 1. The van der Waals surface area contributed by atoms with Crippen LogP contribution < -0.4 is 5.73 Å². The van der Waals surface area contributed by atoms with Crippen molar-refractivity contribution in [1.82, 2.24) is 9.78 Å². The van der Waals surface area contributed by atoms with Crippen LogP contribution in [0, 0.1) is 11.3 Å². The molecule has 92 valence electrons. The molecule has 1 heterocycles. The van der Waals surface area contributed by atoms with Gasteiger partial charge in [0.2, 0.25) is 0 Å². The summed E-state index contributed by atoms with van der Waals surface area (Å²) in [6.45, 7) is 2.54. The van der Waals surface area contributed by atoms with Gasteiger partial charge in [0.05, 0.1) is 22.3 Å². The molecule has 1 atom stereocenters. The van der Waals surface area contributed by atoms with Crippen molar-refractivity contribution in [2.24, 2.45) is 5.73 Å². The maximum atomic E-state index is 8.82. The van der Waals surface area contributed by atoms with Crippen LogP contribution in [0.4, 0.5) is 0 Å². The first-order chi connectivity index (χ1) is 8.65. The summed E-state index contributed by atoms with van der Waals surface area (Å²) >= 11 is 6.00. The minimum atomic E-state index is 0.160. The minimum Gasteiger partial charge on any atom is -0.328 e. The second kappa shape index (κ2) is 5.21. The monoisotopic (exact) mass is 260 g/mol. The Morgan fingerprint density at radius 2 is 2.28 bits per heavy atom. The topological polar surface area (TPSA) is 67.6 Å². The van der Waals surface area contributed by atoms with E-state index in [4.69, 9.17) is 22.6 Å². The molecule has 2 N–H and O–H groups in total. The molecule has 1 aromatic heterocycles. The highest BCUT2D eigenvalue weighted by Crippen LogP contribution is 2.24. The van der Waals surface area contributed by atoms with E-state index in [-0.39, 0.29) is 6.04 Å². The van der Waals surface area contributed by atoms with Gasteiger partial charge in [0, 0.05) is 18.3 Å². The largest absolute Gasteiger partial charge is 0.328 e. The van der Waals surface area contributed by atoms with Crippen LogP contribution in [0.15, 0.2) is 30.5 Å². The molecule has 1 unspecified atom stereocenters. The molecule has 1 aromatic carbocycles. The highest BCUT2D eigenvalue weighted by atomic mass is 35.5. The summed E-state index contributed by atoms with van der Waals surface area (Å²) < 4.78 is 1.82. The first kappa shape index (κ1) is 12.6. The predicted molar refractivity (Wildman–Crippen MR) is 71.2 cm³/mol. The normalized spacial score (nSPS) is 12.1. The zero-order valence-corrected chi connectivity index (χ0v) is 10.7. The highest BCUT2D eigenvalue weighted by molar-refractivity contribution is 6.32. The number of rotatable bonds is 3. The van der Waals surface area contributed by atoms with E-state index in [9.17, 15) is 0 Å². The van der Waals surface area contributed by atoms with Crippen LogP contribution in [0.2, 0.25) is 5.02 Å². The summed E-state index contributed by atoms with van der Waals surface area (Å²) in [5.74, 6) is 0. The summed E-state index contributed by atoms with van der Waals surface area (Å²) in [5.41, 5.74) is 7.78. The molecule has 0 aliphatic rings. The molecule has 0 amide bonds. The SMILES string of the molecule is CC(CN)n1ccc(-c2ccc(C#N)c(Cl)c2)n1. The number of hydrogen-bond acceptors (Lipinski definition) is 3. The van der Waals surface area contributed by atoms with Crippen molar-refractivity contribution in [3.8, 4) is 17.3 Å². The van der Waals surface area contributed by atoms with Crippen LogP contribution in [0.25, 0.3) is 11.3 Å². The maximum absolute atomic E-state index is 8.82. The molecular weight excluding hydrogens is 248 g/mol. The third-order valence-corrected chi connectivity index (χ3v) is 3.10. The van der Waals surface area contributed by atoms with Gasteiger partial charge in [-0.25, -0.2) is 0 Å². The van der Waals surface area contributed by atoms with Crippen molar-refractivity contribution in [2.75, 3.05) is 6.54 Å². The Balaban J connectivity index is 2.35. The number of nitrogens with zero attached hydrogens (tertiary/aromatic N) is 3. The molecule has 0 spiro atoms. The van der Waals surface area contributed by atoms with E-state index in [0.29, 0.717) is 17.1 Å². The van der Waals surface area contributed by atoms with E-state index in [1.165, 1.54) is 0 Å². The lowest BCUT2D eigenvalue weighted by molar-refractivity contribution is 0.502. The van der Waals surface area contributed by atoms with Gasteiger partial charge in [-0.1, -0.05) is 17.7 Å². The molecule has 0 aliphatic heterocycles. The van der Waals surface area contributed by atoms with E-state index in [2.05, 4.69) is 5.10 Å². The van der Waals surface area contributed by atoms with Crippen LogP contribution in [-0.4, -0.2) is 16.3 Å². The van der Waals surface area contributed by atoms with E-state index < -0.39 is 0 Å². The van der Waals surface area contributed by atoms with Crippen molar-refractivity contribution in [3.63, 3.8) is 0 Å². The first-order valence-corrected chi connectivity index (χ1v) is 5.98. The summed E-state index contributed by atoms with van der Waals surface area (Å²) in [4.78, 5) is 0. The van der Waals surface area contributed by atoms with Crippen molar-refractivity contribution in [1.29, 1.82) is 5.26 Å². The van der Waals surface area contributed by atoms with Crippen LogP contribution in [0.5, 0.6) is 0 Å². The van der Waals surface area contributed by atoms with Gasteiger partial charge in [-0.05, 0) is 25.1 Å². The number of aromatic nitrogens is 2. The van der Waals surface area contributed by atoms with E-state index >= 15 is 0 Å². The van der Waals surface area contributed by atoms with E-state index in [1.54, 1.807) is 12.1 Å². The van der Waals surface area contributed by atoms with Gasteiger partial charge in [-0.15, -0.1) is 0 Å². The fourth-order valence-electron chi connectivity index (χ4n) is 1.61. The quantitative estimate of drug-likeness (QED) is 0.922. The molecule has 0 bridgehead atoms. The van der Waals surface area contributed by atoms with Gasteiger partial charge in [-0.3, -0.25) is 4.68 Å². The molecule has 5 heteroatoms. The van der Waals surface area contributed by atoms with Gasteiger partial charge in [0.1, 0.15) is 6.07 Å². The molecule has 0 saturated carbocycles. The average molecular weight is 261 g/mol. The van der Waals surface area contributed by atoms with Gasteiger partial charge < -0.3 is 5.73 Å². The molecular formula is C13H13ClN4. The average Bonchev–Trinajstić information content (AvgIpc) is 2.87. The summed E-state index contributed by atoms with van der Waals surface area (Å²) in [5, 5.41) is 13.7. The number of halogens is 1. The lowest BCUT2D eigenvalue weighted by Gasteiger charge is -2.08. The molecule has 0 radical (unpaired) electrons. The highest BCUT2D eigenvalue weighted by Gasteiger charge is 2.08. The summed E-state index contributed by atoms with van der Waals surface area (Å²) in [6.07, 6.45) is 1.89. The Morgan fingerprint density at radius 1 is 1.50 bits per heavy atom. The first-order valence-electron chi connectivity index (χ1n) is 5.61.